The van der Waals surface area contributed by atoms with Crippen molar-refractivity contribution >= 4 is 17.0 Å². The first-order valence-corrected chi connectivity index (χ1v) is 4.09. The molecule has 0 saturated heterocycles. The molecule has 0 bridgehead atoms. The number of carbonyl (C=O) groups is 1. The first-order valence-electron chi connectivity index (χ1n) is 3.02. The fourth-order valence-corrected chi connectivity index (χ4v) is 1.14. The Hall–Kier alpha value is -1.28. The molecule has 0 amide bonds. The zero-order valence-electron chi connectivity index (χ0n) is 7.85. The lowest BCUT2D eigenvalue weighted by atomic mass is 10.2. The molecule has 7 heteroatoms. The Balaban J connectivity index is 0. The number of aromatic carboxylic acids is 1. The van der Waals surface area contributed by atoms with Crippen LogP contribution in [-0.4, -0.2) is 14.7 Å². The standard InChI is InChI=1S/C7H6O4S.2H3N/c8-7(9)5-2-1-3-6(4-5)12(10)11;;/h1-4H,(H,8,9)(H,10,11);2*1H3. The van der Waals surface area contributed by atoms with Crippen molar-refractivity contribution in [3.8, 4) is 0 Å². The Morgan fingerprint density at radius 2 is 1.86 bits per heavy atom. The molecule has 1 rings (SSSR count). The minimum Gasteiger partial charge on any atom is -0.768 e. The quantitative estimate of drug-likeness (QED) is 0.675. The number of carbonyl (C=O) groups excluding carboxylic acids is 1. The summed E-state index contributed by atoms with van der Waals surface area (Å²) >= 11 is -2.40. The van der Waals surface area contributed by atoms with Crippen molar-refractivity contribution in [1.29, 1.82) is 0 Å². The Morgan fingerprint density at radius 1 is 1.29 bits per heavy atom. The summed E-state index contributed by atoms with van der Waals surface area (Å²) in [5.41, 5.74) is -0.142. The summed E-state index contributed by atoms with van der Waals surface area (Å²) < 4.78 is 20.7. The fraction of sp³-hybridized carbons (Fsp3) is 0. The Labute approximate surface area is 83.4 Å². The molecular weight excluding hydrogens is 208 g/mol. The summed E-state index contributed by atoms with van der Waals surface area (Å²) in [5.74, 6) is -1.39. The highest BCUT2D eigenvalue weighted by Gasteiger charge is 1.95. The highest BCUT2D eigenvalue weighted by molar-refractivity contribution is 7.79. The summed E-state index contributed by atoms with van der Waals surface area (Å²) in [6.07, 6.45) is 0. The van der Waals surface area contributed by atoms with Crippen LogP contribution in [0.1, 0.15) is 10.4 Å². The third kappa shape index (κ3) is 3.62. The number of hydrogen-bond donors (Lipinski definition) is 2. The Bertz CT molecular complexity index is 313. The van der Waals surface area contributed by atoms with Crippen LogP contribution in [-0.2, 0) is 11.1 Å². The second-order valence-corrected chi connectivity index (χ2v) is 2.99. The molecule has 6 nitrogen and oxygen atoms in total. The van der Waals surface area contributed by atoms with Crippen LogP contribution in [0.2, 0.25) is 0 Å². The van der Waals surface area contributed by atoms with E-state index in [-0.39, 0.29) is 22.8 Å². The molecule has 14 heavy (non-hydrogen) atoms. The lowest BCUT2D eigenvalue weighted by Gasteiger charge is -2.07. The van der Waals surface area contributed by atoms with Crippen LogP contribution < -0.4 is 17.4 Å². The summed E-state index contributed by atoms with van der Waals surface area (Å²) in [6.45, 7) is 0. The van der Waals surface area contributed by atoms with Gasteiger partial charge in [0.15, 0.2) is 0 Å². The van der Waals surface area contributed by atoms with Gasteiger partial charge in [-0.2, -0.15) is 0 Å². The first-order chi connectivity index (χ1) is 5.61. The van der Waals surface area contributed by atoms with Crippen LogP contribution in [0.25, 0.3) is 0 Å². The van der Waals surface area contributed by atoms with Crippen LogP contribution in [0, 0.1) is 0 Å². The first kappa shape index (κ1) is 15.2. The minimum absolute atomic E-state index is 0. The molecule has 80 valence electrons. The molecular formula is C7H12N2O4S. The van der Waals surface area contributed by atoms with Gasteiger partial charge in [0.2, 0.25) is 0 Å². The number of carboxylic acid groups (broad SMARTS) is 1. The molecule has 0 aromatic heterocycles. The molecule has 8 N–H and O–H groups in total. The monoisotopic (exact) mass is 220 g/mol. The Morgan fingerprint density at radius 3 is 2.29 bits per heavy atom. The third-order valence-electron chi connectivity index (χ3n) is 1.26. The zero-order chi connectivity index (χ0) is 9.14. The average Bonchev–Trinajstić information content (AvgIpc) is 2.04. The Kier molecular flexibility index (Phi) is 6.75. The maximum atomic E-state index is 10.4. The molecule has 0 saturated carbocycles. The second-order valence-electron chi connectivity index (χ2n) is 2.05. The molecule has 0 aliphatic rings. The third-order valence-corrected chi connectivity index (χ3v) is 1.90. The largest absolute Gasteiger partial charge is 0.768 e. The van der Waals surface area contributed by atoms with Crippen molar-refractivity contribution < 1.29 is 18.7 Å². The van der Waals surface area contributed by atoms with Crippen LogP contribution in [0.5, 0.6) is 0 Å². The lowest BCUT2D eigenvalue weighted by Crippen LogP contribution is -2.22. The second kappa shape index (κ2) is 6.22. The molecule has 0 fully saturated rings. The van der Waals surface area contributed by atoms with Crippen molar-refractivity contribution in [3.63, 3.8) is 0 Å². The van der Waals surface area contributed by atoms with E-state index in [0.29, 0.717) is 0 Å². The normalized spacial score (nSPS) is 10.6. The van der Waals surface area contributed by atoms with E-state index in [1.165, 1.54) is 18.2 Å². The number of quaternary nitrogens is 2. The predicted molar refractivity (Wildman–Crippen MR) is 49.9 cm³/mol. The molecule has 0 aliphatic heterocycles. The summed E-state index contributed by atoms with van der Waals surface area (Å²) in [5, 5.41) is 10.3. The van der Waals surface area contributed by atoms with Crippen LogP contribution in [0.3, 0.4) is 0 Å². The molecule has 1 aromatic rings. The number of carboxylic acids is 1. The molecule has 0 heterocycles. The maximum absolute atomic E-state index is 10.4. The van der Waals surface area contributed by atoms with Crippen molar-refractivity contribution in [2.24, 2.45) is 0 Å². The van der Waals surface area contributed by atoms with Gasteiger partial charge in [0, 0.05) is 4.90 Å². The van der Waals surface area contributed by atoms with Gasteiger partial charge in [-0.25, -0.2) is 0 Å². The van der Waals surface area contributed by atoms with Gasteiger partial charge in [-0.3, -0.25) is 4.21 Å². The van der Waals surface area contributed by atoms with E-state index in [1.807, 2.05) is 0 Å². The SMILES string of the molecule is O=C([O-])c1cccc(S(=O)[O-])c1.[NH4+].[NH4+]. The highest BCUT2D eigenvalue weighted by atomic mass is 32.2. The summed E-state index contributed by atoms with van der Waals surface area (Å²) in [6, 6.07) is 4.95. The predicted octanol–water partition coefficient (Wildman–Crippen LogP) is 0.0405. The van der Waals surface area contributed by atoms with Crippen molar-refractivity contribution in [3.05, 3.63) is 29.8 Å². The maximum Gasteiger partial charge on any atom is 0.0715 e. The van der Waals surface area contributed by atoms with E-state index in [2.05, 4.69) is 0 Å². The van der Waals surface area contributed by atoms with Crippen LogP contribution in [0.4, 0.5) is 0 Å². The van der Waals surface area contributed by atoms with Gasteiger partial charge in [-0.05, 0) is 28.8 Å². The van der Waals surface area contributed by atoms with E-state index in [9.17, 15) is 18.7 Å². The minimum atomic E-state index is -2.40. The molecule has 1 unspecified atom stereocenters. The van der Waals surface area contributed by atoms with Gasteiger partial charge in [-0.15, -0.1) is 0 Å². The number of hydrogen-bond acceptors (Lipinski definition) is 4. The van der Waals surface area contributed by atoms with Gasteiger partial charge in [0.05, 0.1) is 5.97 Å². The van der Waals surface area contributed by atoms with Crippen molar-refractivity contribution in [2.45, 2.75) is 4.90 Å². The van der Waals surface area contributed by atoms with E-state index in [1.54, 1.807) is 0 Å². The summed E-state index contributed by atoms with van der Waals surface area (Å²) in [4.78, 5) is 10.2. The zero-order valence-corrected chi connectivity index (χ0v) is 8.67. The fourth-order valence-electron chi connectivity index (χ4n) is 0.727. The van der Waals surface area contributed by atoms with Gasteiger partial charge >= 0.3 is 0 Å². The van der Waals surface area contributed by atoms with E-state index < -0.39 is 17.0 Å². The topological polar surface area (TPSA) is 153 Å². The van der Waals surface area contributed by atoms with Gasteiger partial charge in [-0.1, -0.05) is 12.1 Å². The average molecular weight is 220 g/mol. The molecule has 0 radical (unpaired) electrons. The molecule has 1 atom stereocenters. The summed E-state index contributed by atoms with van der Waals surface area (Å²) in [7, 11) is 0. The molecule has 0 spiro atoms. The van der Waals surface area contributed by atoms with Gasteiger partial charge < -0.3 is 26.8 Å². The highest BCUT2D eigenvalue weighted by Crippen LogP contribution is 2.07. The van der Waals surface area contributed by atoms with Crippen molar-refractivity contribution in [1.82, 2.24) is 12.3 Å². The lowest BCUT2D eigenvalue weighted by molar-refractivity contribution is -0.255. The van der Waals surface area contributed by atoms with Gasteiger partial charge in [0.1, 0.15) is 0 Å². The number of benzene rings is 1. The number of rotatable bonds is 2. The van der Waals surface area contributed by atoms with E-state index in [0.717, 1.165) is 6.07 Å². The van der Waals surface area contributed by atoms with Crippen LogP contribution in [0.15, 0.2) is 29.2 Å². The van der Waals surface area contributed by atoms with E-state index in [4.69, 9.17) is 0 Å². The van der Waals surface area contributed by atoms with Gasteiger partial charge in [0.25, 0.3) is 0 Å². The van der Waals surface area contributed by atoms with Crippen LogP contribution >= 0.6 is 0 Å². The smallest absolute Gasteiger partial charge is 0.0715 e. The van der Waals surface area contributed by atoms with Crippen molar-refractivity contribution in [2.75, 3.05) is 0 Å². The molecule has 0 aliphatic carbocycles. The molecule has 1 aromatic carbocycles. The van der Waals surface area contributed by atoms with E-state index >= 15 is 0 Å².